The Morgan fingerprint density at radius 2 is 2.11 bits per heavy atom. The lowest BCUT2D eigenvalue weighted by Crippen LogP contribution is -2.24. The largest absolute Gasteiger partial charge is 0.485 e. The highest BCUT2D eigenvalue weighted by molar-refractivity contribution is 7.98. The SMILES string of the molecule is Cn1c(SCc2nc(-c3ccsc3)no2)nnc1C1COc2ccccc2O1. The smallest absolute Gasteiger partial charge is 0.237 e. The Morgan fingerprint density at radius 3 is 2.96 bits per heavy atom. The third kappa shape index (κ3) is 3.25. The molecule has 1 aliphatic heterocycles. The van der Waals surface area contributed by atoms with Crippen LogP contribution in [0.15, 0.2) is 50.8 Å². The summed E-state index contributed by atoms with van der Waals surface area (Å²) in [5.41, 5.74) is 0.959. The summed E-state index contributed by atoms with van der Waals surface area (Å²) >= 11 is 3.08. The summed E-state index contributed by atoms with van der Waals surface area (Å²) in [6, 6.07) is 9.57. The standard InChI is InChI=1S/C18H15N5O3S2/c1-23-17(14-8-24-12-4-2-3-5-13(12)25-14)20-21-18(23)28-10-15-19-16(22-26-15)11-6-7-27-9-11/h2-7,9,14H,8,10H2,1H3. The Balaban J connectivity index is 1.27. The molecule has 142 valence electrons. The highest BCUT2D eigenvalue weighted by Crippen LogP contribution is 2.36. The van der Waals surface area contributed by atoms with Gasteiger partial charge < -0.3 is 18.6 Å². The van der Waals surface area contributed by atoms with Gasteiger partial charge in [0, 0.05) is 18.0 Å². The average molecular weight is 413 g/mol. The van der Waals surface area contributed by atoms with E-state index in [2.05, 4.69) is 20.3 Å². The number of nitrogens with zero attached hydrogens (tertiary/aromatic N) is 5. The van der Waals surface area contributed by atoms with Gasteiger partial charge in [-0.2, -0.15) is 16.3 Å². The number of thioether (sulfide) groups is 1. The lowest BCUT2D eigenvalue weighted by Gasteiger charge is -2.25. The molecular formula is C18H15N5O3S2. The number of ether oxygens (including phenoxy) is 2. The van der Waals surface area contributed by atoms with Crippen LogP contribution in [0.25, 0.3) is 11.4 Å². The highest BCUT2D eigenvalue weighted by Gasteiger charge is 2.27. The summed E-state index contributed by atoms with van der Waals surface area (Å²) in [6.07, 6.45) is -0.310. The van der Waals surface area contributed by atoms with Gasteiger partial charge in [-0.3, -0.25) is 0 Å². The molecule has 4 aromatic rings. The number of thiophene rings is 1. The second-order valence-corrected chi connectivity index (χ2v) is 7.80. The van der Waals surface area contributed by atoms with E-state index in [4.69, 9.17) is 14.0 Å². The molecule has 0 radical (unpaired) electrons. The molecule has 5 rings (SSSR count). The van der Waals surface area contributed by atoms with Crippen LogP contribution in [0.2, 0.25) is 0 Å². The topological polar surface area (TPSA) is 88.1 Å². The number of benzene rings is 1. The van der Waals surface area contributed by atoms with E-state index in [0.717, 1.165) is 16.5 Å². The Morgan fingerprint density at radius 1 is 1.21 bits per heavy atom. The minimum absolute atomic E-state index is 0.310. The van der Waals surface area contributed by atoms with Crippen molar-refractivity contribution in [1.29, 1.82) is 0 Å². The average Bonchev–Trinajstić information content (AvgIpc) is 3.47. The molecule has 0 saturated carbocycles. The van der Waals surface area contributed by atoms with Crippen LogP contribution < -0.4 is 9.47 Å². The molecule has 0 bridgehead atoms. The van der Waals surface area contributed by atoms with Gasteiger partial charge in [0.2, 0.25) is 11.7 Å². The van der Waals surface area contributed by atoms with Crippen molar-refractivity contribution in [2.75, 3.05) is 6.61 Å². The molecule has 0 fully saturated rings. The first-order chi connectivity index (χ1) is 13.8. The minimum atomic E-state index is -0.310. The molecule has 0 N–H and O–H groups in total. The van der Waals surface area contributed by atoms with Crippen molar-refractivity contribution in [2.45, 2.75) is 17.0 Å². The van der Waals surface area contributed by atoms with Gasteiger partial charge in [-0.15, -0.1) is 10.2 Å². The molecule has 10 heteroatoms. The second kappa shape index (κ2) is 7.28. The van der Waals surface area contributed by atoms with Crippen molar-refractivity contribution in [2.24, 2.45) is 7.05 Å². The second-order valence-electron chi connectivity index (χ2n) is 6.08. The molecular weight excluding hydrogens is 398 g/mol. The molecule has 3 aromatic heterocycles. The maximum absolute atomic E-state index is 6.02. The van der Waals surface area contributed by atoms with Crippen LogP contribution in [0, 0.1) is 0 Å². The molecule has 4 heterocycles. The number of rotatable bonds is 5. The summed E-state index contributed by atoms with van der Waals surface area (Å²) in [7, 11) is 1.91. The van der Waals surface area contributed by atoms with E-state index in [1.54, 1.807) is 11.3 Å². The van der Waals surface area contributed by atoms with Crippen LogP contribution in [0.1, 0.15) is 17.8 Å². The van der Waals surface area contributed by atoms with Gasteiger partial charge in [0.05, 0.1) is 5.75 Å². The fraction of sp³-hybridized carbons (Fsp3) is 0.222. The Hall–Kier alpha value is -2.85. The van der Waals surface area contributed by atoms with Crippen molar-refractivity contribution in [3.05, 3.63) is 52.8 Å². The molecule has 0 amide bonds. The van der Waals surface area contributed by atoms with Crippen molar-refractivity contribution in [3.8, 4) is 22.9 Å². The maximum atomic E-state index is 6.02. The van der Waals surface area contributed by atoms with E-state index >= 15 is 0 Å². The fourth-order valence-corrected chi connectivity index (χ4v) is 4.22. The van der Waals surface area contributed by atoms with Crippen LogP contribution in [-0.2, 0) is 12.8 Å². The fourth-order valence-electron chi connectivity index (χ4n) is 2.83. The molecule has 8 nitrogen and oxygen atoms in total. The first kappa shape index (κ1) is 17.3. The molecule has 1 aliphatic rings. The number of fused-ring (bicyclic) bond motifs is 1. The zero-order chi connectivity index (χ0) is 18.9. The lowest BCUT2D eigenvalue weighted by molar-refractivity contribution is 0.0825. The molecule has 1 unspecified atom stereocenters. The monoisotopic (exact) mass is 413 g/mol. The van der Waals surface area contributed by atoms with Gasteiger partial charge in [0.25, 0.3) is 0 Å². The van der Waals surface area contributed by atoms with Crippen LogP contribution in [-0.4, -0.2) is 31.5 Å². The summed E-state index contributed by atoms with van der Waals surface area (Å²) in [5.74, 6) is 3.81. The Bertz CT molecular complexity index is 1090. The minimum Gasteiger partial charge on any atom is -0.485 e. The number of hydrogen-bond acceptors (Lipinski definition) is 9. The molecule has 0 saturated heterocycles. The summed E-state index contributed by atoms with van der Waals surface area (Å²) in [5, 5.41) is 17.3. The van der Waals surface area contributed by atoms with Crippen molar-refractivity contribution in [3.63, 3.8) is 0 Å². The van der Waals surface area contributed by atoms with Crippen LogP contribution in [0.4, 0.5) is 0 Å². The first-order valence-electron chi connectivity index (χ1n) is 8.53. The Labute approximate surface area is 168 Å². The summed E-state index contributed by atoms with van der Waals surface area (Å²) < 4.78 is 19.0. The highest BCUT2D eigenvalue weighted by atomic mass is 32.2. The maximum Gasteiger partial charge on any atom is 0.237 e. The van der Waals surface area contributed by atoms with Gasteiger partial charge >= 0.3 is 0 Å². The molecule has 0 spiro atoms. The summed E-state index contributed by atoms with van der Waals surface area (Å²) in [6.45, 7) is 0.390. The van der Waals surface area contributed by atoms with E-state index in [-0.39, 0.29) is 6.10 Å². The first-order valence-corrected chi connectivity index (χ1v) is 10.5. The van der Waals surface area contributed by atoms with Gasteiger partial charge in [-0.25, -0.2) is 0 Å². The third-order valence-corrected chi connectivity index (χ3v) is 5.93. The number of hydrogen-bond donors (Lipinski definition) is 0. The van der Waals surface area contributed by atoms with E-state index in [0.29, 0.717) is 35.6 Å². The summed E-state index contributed by atoms with van der Waals surface area (Å²) in [4.78, 5) is 4.43. The van der Waals surface area contributed by atoms with Crippen molar-refractivity contribution in [1.82, 2.24) is 24.9 Å². The van der Waals surface area contributed by atoms with E-state index in [9.17, 15) is 0 Å². The van der Waals surface area contributed by atoms with Crippen molar-refractivity contribution >= 4 is 23.1 Å². The number of para-hydroxylation sites is 2. The predicted molar refractivity (Wildman–Crippen MR) is 103 cm³/mol. The van der Waals surface area contributed by atoms with Crippen molar-refractivity contribution < 1.29 is 14.0 Å². The third-order valence-electron chi connectivity index (χ3n) is 4.24. The molecule has 1 aromatic carbocycles. The predicted octanol–water partition coefficient (Wildman–Crippen LogP) is 3.73. The molecule has 0 aliphatic carbocycles. The Kier molecular flexibility index (Phi) is 4.49. The van der Waals surface area contributed by atoms with Crippen LogP contribution in [0.3, 0.4) is 0 Å². The van der Waals surface area contributed by atoms with Crippen LogP contribution in [0.5, 0.6) is 11.5 Å². The van der Waals surface area contributed by atoms with E-state index < -0.39 is 0 Å². The van der Waals surface area contributed by atoms with E-state index in [1.165, 1.54) is 11.8 Å². The van der Waals surface area contributed by atoms with Gasteiger partial charge in [-0.05, 0) is 23.6 Å². The van der Waals surface area contributed by atoms with Crippen LogP contribution >= 0.6 is 23.1 Å². The van der Waals surface area contributed by atoms with E-state index in [1.807, 2.05) is 52.7 Å². The quantitative estimate of drug-likeness (QED) is 0.457. The normalized spacial score (nSPS) is 15.7. The number of aromatic nitrogens is 5. The molecule has 1 atom stereocenters. The zero-order valence-electron chi connectivity index (χ0n) is 14.8. The zero-order valence-corrected chi connectivity index (χ0v) is 16.4. The van der Waals surface area contributed by atoms with Gasteiger partial charge in [0.15, 0.2) is 28.6 Å². The van der Waals surface area contributed by atoms with Gasteiger partial charge in [0.1, 0.15) is 6.61 Å². The lowest BCUT2D eigenvalue weighted by atomic mass is 10.2. The molecule has 28 heavy (non-hydrogen) atoms. The van der Waals surface area contributed by atoms with Gasteiger partial charge in [-0.1, -0.05) is 29.1 Å².